The van der Waals surface area contributed by atoms with Gasteiger partial charge in [-0.25, -0.2) is 9.78 Å². The topological polar surface area (TPSA) is 69.1 Å². The standard InChI is InChI=1S/C15H14N2O2/c1-2-5-9-8-11-10-6-3-4-7-12(10)19-15(18)13(11)14(16)17-9/h3-4,6-8H,2,5H2,1H3,(H2,16,17). The second-order valence-corrected chi connectivity index (χ2v) is 4.56. The van der Waals surface area contributed by atoms with Gasteiger partial charge >= 0.3 is 5.63 Å². The molecule has 2 heterocycles. The number of nitrogen functional groups attached to an aromatic ring is 1. The van der Waals surface area contributed by atoms with Crippen LogP contribution >= 0.6 is 0 Å². The van der Waals surface area contributed by atoms with Crippen LogP contribution < -0.4 is 11.4 Å². The Kier molecular flexibility index (Phi) is 2.71. The highest BCUT2D eigenvalue weighted by Gasteiger charge is 2.12. The summed E-state index contributed by atoms with van der Waals surface area (Å²) in [6.45, 7) is 2.08. The van der Waals surface area contributed by atoms with Gasteiger partial charge in [0, 0.05) is 16.5 Å². The minimum Gasteiger partial charge on any atom is -0.422 e. The molecule has 0 aliphatic heterocycles. The molecule has 96 valence electrons. The first-order valence-corrected chi connectivity index (χ1v) is 6.31. The molecule has 0 amide bonds. The van der Waals surface area contributed by atoms with Gasteiger partial charge in [-0.2, -0.15) is 0 Å². The number of fused-ring (bicyclic) bond motifs is 3. The van der Waals surface area contributed by atoms with Crippen LogP contribution in [0.4, 0.5) is 5.82 Å². The third-order valence-electron chi connectivity index (χ3n) is 3.19. The average molecular weight is 254 g/mol. The number of aromatic nitrogens is 1. The highest BCUT2D eigenvalue weighted by Crippen LogP contribution is 2.26. The molecule has 4 heteroatoms. The molecule has 3 aromatic rings. The molecule has 0 aliphatic carbocycles. The van der Waals surface area contributed by atoms with Crippen molar-refractivity contribution >= 4 is 27.6 Å². The van der Waals surface area contributed by atoms with Crippen molar-refractivity contribution in [1.29, 1.82) is 0 Å². The molecule has 0 saturated carbocycles. The van der Waals surface area contributed by atoms with Crippen molar-refractivity contribution in [1.82, 2.24) is 4.98 Å². The van der Waals surface area contributed by atoms with Gasteiger partial charge < -0.3 is 10.2 Å². The predicted molar refractivity (Wildman–Crippen MR) is 76.2 cm³/mol. The zero-order valence-corrected chi connectivity index (χ0v) is 10.6. The van der Waals surface area contributed by atoms with Gasteiger partial charge in [0.1, 0.15) is 16.8 Å². The third kappa shape index (κ3) is 1.85. The molecule has 0 fully saturated rings. The second kappa shape index (κ2) is 4.39. The van der Waals surface area contributed by atoms with Crippen LogP contribution in [0.15, 0.2) is 39.5 Å². The SMILES string of the molecule is CCCc1cc2c(c(N)n1)c(=O)oc1ccccc12. The molecule has 0 unspecified atom stereocenters. The van der Waals surface area contributed by atoms with Gasteiger partial charge in [-0.15, -0.1) is 0 Å². The van der Waals surface area contributed by atoms with Crippen LogP contribution in [-0.2, 0) is 6.42 Å². The fourth-order valence-corrected chi connectivity index (χ4v) is 2.36. The number of nitrogens with zero attached hydrogens (tertiary/aromatic N) is 1. The van der Waals surface area contributed by atoms with E-state index in [0.29, 0.717) is 11.0 Å². The fraction of sp³-hybridized carbons (Fsp3) is 0.200. The number of hydrogen-bond donors (Lipinski definition) is 1. The van der Waals surface area contributed by atoms with E-state index in [1.807, 2.05) is 24.3 Å². The summed E-state index contributed by atoms with van der Waals surface area (Å²) in [5.74, 6) is 0.250. The third-order valence-corrected chi connectivity index (χ3v) is 3.19. The number of benzene rings is 1. The first-order valence-electron chi connectivity index (χ1n) is 6.31. The smallest absolute Gasteiger partial charge is 0.347 e. The van der Waals surface area contributed by atoms with Crippen molar-refractivity contribution in [3.63, 3.8) is 0 Å². The Morgan fingerprint density at radius 1 is 1.26 bits per heavy atom. The van der Waals surface area contributed by atoms with Crippen molar-refractivity contribution in [3.8, 4) is 0 Å². The van der Waals surface area contributed by atoms with E-state index in [0.717, 1.165) is 29.3 Å². The van der Waals surface area contributed by atoms with E-state index in [1.54, 1.807) is 6.07 Å². The summed E-state index contributed by atoms with van der Waals surface area (Å²) in [5.41, 5.74) is 6.96. The fourth-order valence-electron chi connectivity index (χ4n) is 2.36. The van der Waals surface area contributed by atoms with Gasteiger partial charge in [0.2, 0.25) is 0 Å². The van der Waals surface area contributed by atoms with E-state index in [-0.39, 0.29) is 5.82 Å². The Bertz CT molecular complexity index is 821. The molecule has 0 bridgehead atoms. The minimum absolute atomic E-state index is 0.250. The Balaban J connectivity index is 2.50. The zero-order valence-electron chi connectivity index (χ0n) is 10.6. The monoisotopic (exact) mass is 254 g/mol. The van der Waals surface area contributed by atoms with Gasteiger partial charge in [0.25, 0.3) is 0 Å². The number of nitrogens with two attached hydrogens (primary N) is 1. The lowest BCUT2D eigenvalue weighted by atomic mass is 10.1. The molecular formula is C15H14N2O2. The van der Waals surface area contributed by atoms with Crippen LogP contribution in [0, 0.1) is 0 Å². The highest BCUT2D eigenvalue weighted by molar-refractivity contribution is 6.07. The summed E-state index contributed by atoms with van der Waals surface area (Å²) in [6, 6.07) is 9.41. The van der Waals surface area contributed by atoms with Crippen molar-refractivity contribution < 1.29 is 4.42 Å². The first kappa shape index (κ1) is 11.7. The number of aryl methyl sites for hydroxylation is 1. The number of pyridine rings is 1. The molecule has 0 atom stereocenters. The second-order valence-electron chi connectivity index (χ2n) is 4.56. The van der Waals surface area contributed by atoms with Crippen LogP contribution in [0.2, 0.25) is 0 Å². The quantitative estimate of drug-likeness (QED) is 0.564. The summed E-state index contributed by atoms with van der Waals surface area (Å²) in [6.07, 6.45) is 1.83. The molecule has 4 nitrogen and oxygen atoms in total. The van der Waals surface area contributed by atoms with Crippen LogP contribution in [0.1, 0.15) is 19.0 Å². The van der Waals surface area contributed by atoms with Gasteiger partial charge in [-0.1, -0.05) is 31.5 Å². The molecule has 1 aromatic carbocycles. The molecular weight excluding hydrogens is 240 g/mol. The van der Waals surface area contributed by atoms with Gasteiger partial charge in [0.05, 0.1) is 0 Å². The van der Waals surface area contributed by atoms with Crippen molar-refractivity contribution in [3.05, 3.63) is 46.4 Å². The molecule has 2 N–H and O–H groups in total. The molecule has 3 rings (SSSR count). The van der Waals surface area contributed by atoms with Crippen molar-refractivity contribution in [2.75, 3.05) is 5.73 Å². The van der Waals surface area contributed by atoms with Crippen LogP contribution in [-0.4, -0.2) is 4.98 Å². The normalized spacial score (nSPS) is 11.2. The van der Waals surface area contributed by atoms with Crippen LogP contribution in [0.5, 0.6) is 0 Å². The van der Waals surface area contributed by atoms with E-state index in [1.165, 1.54) is 0 Å². The van der Waals surface area contributed by atoms with E-state index in [9.17, 15) is 4.79 Å². The molecule has 0 aliphatic rings. The molecule has 19 heavy (non-hydrogen) atoms. The summed E-state index contributed by atoms with van der Waals surface area (Å²) in [5, 5.41) is 2.09. The van der Waals surface area contributed by atoms with E-state index in [2.05, 4.69) is 11.9 Å². The number of hydrogen-bond acceptors (Lipinski definition) is 4. The lowest BCUT2D eigenvalue weighted by molar-refractivity contribution is 0.569. The largest absolute Gasteiger partial charge is 0.422 e. The first-order chi connectivity index (χ1) is 9.20. The van der Waals surface area contributed by atoms with Gasteiger partial charge in [-0.3, -0.25) is 0 Å². The molecule has 2 aromatic heterocycles. The lowest BCUT2D eigenvalue weighted by Gasteiger charge is -2.07. The van der Waals surface area contributed by atoms with Crippen molar-refractivity contribution in [2.24, 2.45) is 0 Å². The van der Waals surface area contributed by atoms with Crippen molar-refractivity contribution in [2.45, 2.75) is 19.8 Å². The Labute approximate surface area is 109 Å². The van der Waals surface area contributed by atoms with Crippen LogP contribution in [0.3, 0.4) is 0 Å². The maximum absolute atomic E-state index is 12.0. The maximum atomic E-state index is 12.0. The number of para-hydroxylation sites is 1. The maximum Gasteiger partial charge on any atom is 0.347 e. The average Bonchev–Trinajstić information content (AvgIpc) is 2.38. The Morgan fingerprint density at radius 2 is 2.05 bits per heavy atom. The highest BCUT2D eigenvalue weighted by atomic mass is 16.4. The van der Waals surface area contributed by atoms with E-state index in [4.69, 9.17) is 10.2 Å². The summed E-state index contributed by atoms with van der Waals surface area (Å²) >= 11 is 0. The molecule has 0 spiro atoms. The zero-order chi connectivity index (χ0) is 13.4. The summed E-state index contributed by atoms with van der Waals surface area (Å²) < 4.78 is 5.28. The number of anilines is 1. The number of rotatable bonds is 2. The Hall–Kier alpha value is -2.36. The molecule has 0 saturated heterocycles. The lowest BCUT2D eigenvalue weighted by Crippen LogP contribution is -2.07. The van der Waals surface area contributed by atoms with Gasteiger partial charge in [0.15, 0.2) is 0 Å². The van der Waals surface area contributed by atoms with E-state index < -0.39 is 5.63 Å². The minimum atomic E-state index is -0.429. The van der Waals surface area contributed by atoms with Crippen LogP contribution in [0.25, 0.3) is 21.7 Å². The van der Waals surface area contributed by atoms with E-state index >= 15 is 0 Å². The Morgan fingerprint density at radius 3 is 2.84 bits per heavy atom. The van der Waals surface area contributed by atoms with Gasteiger partial charge in [-0.05, 0) is 18.6 Å². The molecule has 0 radical (unpaired) electrons. The predicted octanol–water partition coefficient (Wildman–Crippen LogP) is 2.88. The summed E-state index contributed by atoms with van der Waals surface area (Å²) in [7, 11) is 0. The summed E-state index contributed by atoms with van der Waals surface area (Å²) in [4.78, 5) is 16.3.